The maximum absolute atomic E-state index is 5.80. The Morgan fingerprint density at radius 1 is 1.47 bits per heavy atom. The van der Waals surface area contributed by atoms with Crippen LogP contribution in [0.25, 0.3) is 11.3 Å². The van der Waals surface area contributed by atoms with Crippen LogP contribution in [-0.4, -0.2) is 16.5 Å². The monoisotopic (exact) mass is 233 g/mol. The third kappa shape index (κ3) is 2.77. The summed E-state index contributed by atoms with van der Waals surface area (Å²) in [4.78, 5) is 7.74. The molecule has 1 atom stereocenters. The van der Waals surface area contributed by atoms with Crippen LogP contribution in [0.15, 0.2) is 29.2 Å². The van der Waals surface area contributed by atoms with Crippen molar-refractivity contribution >= 4 is 0 Å². The van der Waals surface area contributed by atoms with Crippen molar-refractivity contribution in [3.63, 3.8) is 0 Å². The van der Waals surface area contributed by atoms with Crippen LogP contribution in [0.5, 0.6) is 0 Å². The Hall–Kier alpha value is -1.55. The van der Waals surface area contributed by atoms with E-state index in [0.717, 1.165) is 23.5 Å². The van der Waals surface area contributed by atoms with Crippen LogP contribution >= 0.6 is 0 Å². The molecule has 0 saturated heterocycles. The molecular formula is C13H19N3O. The number of aromatic nitrogens is 2. The Morgan fingerprint density at radius 2 is 2.29 bits per heavy atom. The number of furan rings is 1. The van der Waals surface area contributed by atoms with E-state index in [1.54, 1.807) is 12.5 Å². The maximum Gasteiger partial charge on any atom is 0.110 e. The van der Waals surface area contributed by atoms with Gasteiger partial charge in [0.25, 0.3) is 0 Å². The van der Waals surface area contributed by atoms with E-state index in [0.29, 0.717) is 18.4 Å². The fourth-order valence-electron chi connectivity index (χ4n) is 2.00. The Morgan fingerprint density at radius 3 is 2.88 bits per heavy atom. The van der Waals surface area contributed by atoms with Crippen LogP contribution < -0.4 is 5.73 Å². The van der Waals surface area contributed by atoms with Crippen LogP contribution in [0.2, 0.25) is 0 Å². The number of hydrogen-bond acceptors (Lipinski definition) is 3. The van der Waals surface area contributed by atoms with E-state index < -0.39 is 0 Å². The molecule has 4 nitrogen and oxygen atoms in total. The number of nitrogens with two attached hydrogens (primary N) is 1. The fourth-order valence-corrected chi connectivity index (χ4v) is 2.00. The first kappa shape index (κ1) is 11.9. The lowest BCUT2D eigenvalue weighted by Gasteiger charge is -2.14. The van der Waals surface area contributed by atoms with Gasteiger partial charge in [0, 0.05) is 18.0 Å². The van der Waals surface area contributed by atoms with Gasteiger partial charge >= 0.3 is 0 Å². The molecule has 0 spiro atoms. The number of hydrogen-bond donors (Lipinski definition) is 2. The van der Waals surface area contributed by atoms with Gasteiger partial charge in [-0.15, -0.1) is 0 Å². The first-order valence-electron chi connectivity index (χ1n) is 5.98. The predicted octanol–water partition coefficient (Wildman–Crippen LogP) is 2.76. The molecule has 2 aromatic rings. The number of H-pyrrole nitrogens is 1. The van der Waals surface area contributed by atoms with Crippen molar-refractivity contribution in [2.24, 2.45) is 11.7 Å². The summed E-state index contributed by atoms with van der Waals surface area (Å²) in [5, 5.41) is 0. The van der Waals surface area contributed by atoms with Gasteiger partial charge in [-0.05, 0) is 18.4 Å². The molecule has 0 aromatic carbocycles. The largest absolute Gasteiger partial charge is 0.472 e. The van der Waals surface area contributed by atoms with Crippen LogP contribution in [0, 0.1) is 5.92 Å². The Kier molecular flexibility index (Phi) is 3.64. The summed E-state index contributed by atoms with van der Waals surface area (Å²) in [5.41, 5.74) is 7.80. The Bertz CT molecular complexity index is 445. The van der Waals surface area contributed by atoms with Crippen molar-refractivity contribution in [3.8, 4) is 11.3 Å². The topological polar surface area (TPSA) is 67.8 Å². The molecule has 17 heavy (non-hydrogen) atoms. The summed E-state index contributed by atoms with van der Waals surface area (Å²) in [5.74, 6) is 1.89. The highest BCUT2D eigenvalue weighted by Crippen LogP contribution is 2.24. The minimum absolute atomic E-state index is 0.302. The zero-order valence-electron chi connectivity index (χ0n) is 10.3. The van der Waals surface area contributed by atoms with E-state index in [9.17, 15) is 0 Å². The molecule has 4 heteroatoms. The molecule has 2 aromatic heterocycles. The summed E-state index contributed by atoms with van der Waals surface area (Å²) < 4.78 is 5.06. The zero-order valence-corrected chi connectivity index (χ0v) is 10.3. The summed E-state index contributed by atoms with van der Waals surface area (Å²) in [6.07, 6.45) is 6.25. The van der Waals surface area contributed by atoms with Gasteiger partial charge in [0.15, 0.2) is 0 Å². The number of nitrogens with one attached hydrogen (secondary N) is 1. The summed E-state index contributed by atoms with van der Waals surface area (Å²) in [7, 11) is 0. The lowest BCUT2D eigenvalue weighted by molar-refractivity contribution is 0.490. The fraction of sp³-hybridized carbons (Fsp3) is 0.462. The quantitative estimate of drug-likeness (QED) is 0.834. The van der Waals surface area contributed by atoms with E-state index in [1.165, 1.54) is 0 Å². The third-order valence-corrected chi connectivity index (χ3v) is 2.85. The molecule has 2 rings (SSSR count). The maximum atomic E-state index is 5.80. The smallest absolute Gasteiger partial charge is 0.110 e. The second-order valence-corrected chi connectivity index (χ2v) is 4.76. The van der Waals surface area contributed by atoms with E-state index >= 15 is 0 Å². The highest BCUT2D eigenvalue weighted by atomic mass is 16.3. The summed E-state index contributed by atoms with van der Waals surface area (Å²) in [6.45, 7) is 5.02. The molecule has 0 aliphatic rings. The van der Waals surface area contributed by atoms with Gasteiger partial charge in [0.05, 0.1) is 24.4 Å². The van der Waals surface area contributed by atoms with Gasteiger partial charge in [-0.25, -0.2) is 4.98 Å². The molecule has 1 unspecified atom stereocenters. The van der Waals surface area contributed by atoms with Gasteiger partial charge in [-0.2, -0.15) is 0 Å². The lowest BCUT2D eigenvalue weighted by Crippen LogP contribution is -2.15. The molecule has 0 aliphatic carbocycles. The standard InChI is InChI=1S/C13H19N3O/c1-9(2)5-11(6-14)13-15-7-12(16-13)10-3-4-17-8-10/h3-4,7-9,11H,5-6,14H2,1-2H3,(H,15,16). The summed E-state index contributed by atoms with van der Waals surface area (Å²) >= 11 is 0. The molecule has 0 fully saturated rings. The van der Waals surface area contributed by atoms with E-state index in [2.05, 4.69) is 23.8 Å². The Balaban J connectivity index is 2.16. The molecular weight excluding hydrogens is 214 g/mol. The molecule has 0 amide bonds. The number of nitrogens with zero attached hydrogens (tertiary/aromatic N) is 1. The van der Waals surface area contributed by atoms with Crippen LogP contribution in [-0.2, 0) is 0 Å². The van der Waals surface area contributed by atoms with Gasteiger partial charge in [0.1, 0.15) is 5.82 Å². The third-order valence-electron chi connectivity index (χ3n) is 2.85. The Labute approximate surface area is 101 Å². The average Bonchev–Trinajstić information content (AvgIpc) is 2.95. The van der Waals surface area contributed by atoms with Gasteiger partial charge in [-0.3, -0.25) is 0 Å². The van der Waals surface area contributed by atoms with Crippen molar-refractivity contribution in [3.05, 3.63) is 30.6 Å². The van der Waals surface area contributed by atoms with Crippen LogP contribution in [0.3, 0.4) is 0 Å². The van der Waals surface area contributed by atoms with Gasteiger partial charge < -0.3 is 15.1 Å². The van der Waals surface area contributed by atoms with Crippen molar-refractivity contribution < 1.29 is 4.42 Å². The minimum atomic E-state index is 0.302. The molecule has 0 radical (unpaired) electrons. The van der Waals surface area contributed by atoms with Crippen LogP contribution in [0.1, 0.15) is 32.0 Å². The molecule has 2 heterocycles. The van der Waals surface area contributed by atoms with Gasteiger partial charge in [-0.1, -0.05) is 13.8 Å². The number of imidazole rings is 1. The molecule has 0 aliphatic heterocycles. The highest BCUT2D eigenvalue weighted by molar-refractivity contribution is 5.56. The lowest BCUT2D eigenvalue weighted by atomic mass is 9.97. The second kappa shape index (κ2) is 5.19. The highest BCUT2D eigenvalue weighted by Gasteiger charge is 2.15. The predicted molar refractivity (Wildman–Crippen MR) is 67.5 cm³/mol. The second-order valence-electron chi connectivity index (χ2n) is 4.76. The number of rotatable bonds is 5. The van der Waals surface area contributed by atoms with Crippen molar-refractivity contribution in [2.45, 2.75) is 26.2 Å². The first-order chi connectivity index (χ1) is 8.20. The van der Waals surface area contributed by atoms with E-state index in [1.807, 2.05) is 12.3 Å². The molecule has 3 N–H and O–H groups in total. The van der Waals surface area contributed by atoms with E-state index in [4.69, 9.17) is 10.2 Å². The summed E-state index contributed by atoms with van der Waals surface area (Å²) in [6, 6.07) is 1.91. The van der Waals surface area contributed by atoms with Gasteiger partial charge in [0.2, 0.25) is 0 Å². The molecule has 0 bridgehead atoms. The van der Waals surface area contributed by atoms with Crippen molar-refractivity contribution in [1.29, 1.82) is 0 Å². The molecule has 0 saturated carbocycles. The van der Waals surface area contributed by atoms with Crippen LogP contribution in [0.4, 0.5) is 0 Å². The van der Waals surface area contributed by atoms with Crippen molar-refractivity contribution in [1.82, 2.24) is 9.97 Å². The molecule has 92 valence electrons. The number of aromatic amines is 1. The van der Waals surface area contributed by atoms with Crippen molar-refractivity contribution in [2.75, 3.05) is 6.54 Å². The SMILES string of the molecule is CC(C)CC(CN)c1ncc(-c2ccoc2)[nH]1. The van der Waals surface area contributed by atoms with E-state index in [-0.39, 0.29) is 0 Å². The first-order valence-corrected chi connectivity index (χ1v) is 5.98. The zero-order chi connectivity index (χ0) is 12.3. The normalized spacial score (nSPS) is 13.2. The minimum Gasteiger partial charge on any atom is -0.472 e. The average molecular weight is 233 g/mol.